The molecule has 0 atom stereocenters. The zero-order valence-corrected chi connectivity index (χ0v) is 3.63. The summed E-state index contributed by atoms with van der Waals surface area (Å²) in [6.45, 7) is 1.46. The third kappa shape index (κ3) is 3.85. The van der Waals surface area contributed by atoms with Gasteiger partial charge in [-0.15, -0.1) is 0 Å². The van der Waals surface area contributed by atoms with Gasteiger partial charge in [-0.2, -0.15) is 0 Å². The molecule has 0 bridgehead atoms. The summed E-state index contributed by atoms with van der Waals surface area (Å²) in [5, 5.41) is 0. The third-order valence-corrected chi connectivity index (χ3v) is 0.375. The van der Waals surface area contributed by atoms with Gasteiger partial charge in [0, 0.05) is 0 Å². The average molecular weight is 90.1 g/mol. The van der Waals surface area contributed by atoms with Crippen LogP contribution in [-0.4, -0.2) is 9.20 Å². The molecule has 1 radical (unpaired) electrons. The van der Waals surface area contributed by atoms with Gasteiger partial charge in [-0.25, -0.2) is 9.94 Å². The quantitative estimate of drug-likeness (QED) is 0.374. The molecular formula is C2H4NOS. The fraction of sp³-hybridized carbons (Fsp3) is 0.500. The van der Waals surface area contributed by atoms with Crippen LogP contribution in [0.4, 0.5) is 0 Å². The molecule has 0 heterocycles. The van der Waals surface area contributed by atoms with Crippen LogP contribution >= 0.6 is 0 Å². The van der Waals surface area contributed by atoms with E-state index in [4.69, 9.17) is 5.73 Å². The Labute approximate surface area is 34.1 Å². The van der Waals surface area contributed by atoms with E-state index in [1.807, 2.05) is 0 Å². The van der Waals surface area contributed by atoms with Crippen LogP contribution in [0.5, 0.6) is 0 Å². The number of rotatable bonds is 0. The van der Waals surface area contributed by atoms with Crippen LogP contribution in [0.25, 0.3) is 0 Å². The van der Waals surface area contributed by atoms with Gasteiger partial charge in [0.05, 0.1) is 4.99 Å². The first-order valence-corrected chi connectivity index (χ1v) is 1.86. The summed E-state index contributed by atoms with van der Waals surface area (Å²) in [5.41, 5.74) is 6.39. The van der Waals surface area contributed by atoms with Crippen molar-refractivity contribution in [2.75, 3.05) is 0 Å². The van der Waals surface area contributed by atoms with Crippen molar-refractivity contribution < 1.29 is 4.21 Å². The van der Waals surface area contributed by atoms with Gasteiger partial charge < -0.3 is 0 Å². The van der Waals surface area contributed by atoms with Crippen LogP contribution in [0.1, 0.15) is 6.92 Å². The lowest BCUT2D eigenvalue weighted by Gasteiger charge is -1.61. The Kier molecular flexibility index (Phi) is 2.05. The first kappa shape index (κ1) is 4.85. The van der Waals surface area contributed by atoms with E-state index in [0.717, 1.165) is 0 Å². The Bertz CT molecular complexity index is 69.7. The normalized spacial score (nSPS) is 6.80. The Balaban J connectivity index is 3.60. The molecule has 0 saturated heterocycles. The summed E-state index contributed by atoms with van der Waals surface area (Å²) in [7, 11) is 0. The SMILES string of the molecule is CC([NH])=S=O. The molecule has 2 nitrogen and oxygen atoms in total. The lowest BCUT2D eigenvalue weighted by Crippen LogP contribution is -1.84. The van der Waals surface area contributed by atoms with Crippen molar-refractivity contribution >= 4 is 16.2 Å². The lowest BCUT2D eigenvalue weighted by atomic mass is 10.8. The van der Waals surface area contributed by atoms with Crippen molar-refractivity contribution in [3.63, 3.8) is 0 Å². The molecule has 0 aliphatic carbocycles. The minimum absolute atomic E-state index is 0.116. The lowest BCUT2D eigenvalue weighted by molar-refractivity contribution is 0.700. The second-order valence-electron chi connectivity index (χ2n) is 0.640. The van der Waals surface area contributed by atoms with E-state index in [2.05, 4.69) is 0 Å². The van der Waals surface area contributed by atoms with E-state index >= 15 is 0 Å². The molecule has 0 fully saturated rings. The minimum Gasteiger partial charge on any atom is -0.214 e. The third-order valence-electron chi connectivity index (χ3n) is 0.125. The van der Waals surface area contributed by atoms with Crippen molar-refractivity contribution in [3.8, 4) is 0 Å². The zero-order chi connectivity index (χ0) is 4.28. The van der Waals surface area contributed by atoms with Gasteiger partial charge in [0.15, 0.2) is 0 Å². The van der Waals surface area contributed by atoms with Crippen LogP contribution in [0.15, 0.2) is 0 Å². The van der Waals surface area contributed by atoms with E-state index < -0.39 is 0 Å². The molecule has 0 amide bonds. The van der Waals surface area contributed by atoms with E-state index in [9.17, 15) is 4.21 Å². The Hall–Kier alpha value is -0.150. The van der Waals surface area contributed by atoms with Crippen LogP contribution in [-0.2, 0) is 11.3 Å². The van der Waals surface area contributed by atoms with Crippen molar-refractivity contribution in [2.45, 2.75) is 6.92 Å². The molecular weight excluding hydrogens is 86.1 g/mol. The largest absolute Gasteiger partial charge is 0.214 e. The van der Waals surface area contributed by atoms with E-state index in [-0.39, 0.29) is 16.2 Å². The van der Waals surface area contributed by atoms with E-state index in [1.165, 1.54) is 6.92 Å². The molecule has 0 aromatic heterocycles. The summed E-state index contributed by atoms with van der Waals surface area (Å²) in [5.74, 6) is 0. The molecule has 0 saturated carbocycles. The molecule has 5 heavy (non-hydrogen) atoms. The van der Waals surface area contributed by atoms with Gasteiger partial charge in [0.25, 0.3) is 0 Å². The first-order valence-electron chi connectivity index (χ1n) is 1.12. The Morgan fingerprint density at radius 2 is 2.20 bits per heavy atom. The van der Waals surface area contributed by atoms with Crippen LogP contribution in [0, 0.1) is 0 Å². The van der Waals surface area contributed by atoms with Gasteiger partial charge in [0.2, 0.25) is 0 Å². The summed E-state index contributed by atoms with van der Waals surface area (Å²) in [4.78, 5) is 0.116. The maximum absolute atomic E-state index is 9.32. The fourth-order valence-electron chi connectivity index (χ4n) is 0. The molecule has 0 rings (SSSR count). The van der Waals surface area contributed by atoms with Crippen LogP contribution in [0.3, 0.4) is 0 Å². The van der Waals surface area contributed by atoms with Gasteiger partial charge in [-0.3, -0.25) is 0 Å². The zero-order valence-electron chi connectivity index (χ0n) is 2.82. The van der Waals surface area contributed by atoms with Gasteiger partial charge in [-0.05, 0) is 6.92 Å². The second-order valence-corrected chi connectivity index (χ2v) is 1.42. The van der Waals surface area contributed by atoms with Gasteiger partial charge >= 0.3 is 0 Å². The standard InChI is InChI=1S/C2H4NOS/c1-2(3)5-4/h3H,1H3. The molecule has 0 aromatic carbocycles. The highest BCUT2D eigenvalue weighted by atomic mass is 32.1. The fourth-order valence-corrected chi connectivity index (χ4v) is 0. The molecule has 0 aliphatic rings. The average Bonchev–Trinajstić information content (AvgIpc) is 1.38. The molecule has 0 aromatic rings. The molecule has 1 N–H and O–H groups in total. The highest BCUT2D eigenvalue weighted by Gasteiger charge is 1.64. The van der Waals surface area contributed by atoms with Crippen molar-refractivity contribution in [3.05, 3.63) is 0 Å². The van der Waals surface area contributed by atoms with Crippen LogP contribution in [0.2, 0.25) is 0 Å². The Morgan fingerprint density at radius 1 is 2.00 bits per heavy atom. The molecule has 0 spiro atoms. The highest BCUT2D eigenvalue weighted by molar-refractivity contribution is 7.66. The molecule has 3 heteroatoms. The van der Waals surface area contributed by atoms with Gasteiger partial charge in [0.1, 0.15) is 11.3 Å². The van der Waals surface area contributed by atoms with Crippen molar-refractivity contribution in [1.29, 1.82) is 0 Å². The highest BCUT2D eigenvalue weighted by Crippen LogP contribution is 1.44. The number of hydrogen-bond donors (Lipinski definition) is 0. The van der Waals surface area contributed by atoms with Crippen molar-refractivity contribution in [2.24, 2.45) is 0 Å². The summed E-state index contributed by atoms with van der Waals surface area (Å²) in [6.07, 6.45) is 0. The number of nitrogens with one attached hydrogen (secondary N) is 1. The van der Waals surface area contributed by atoms with Gasteiger partial charge in [-0.1, -0.05) is 0 Å². The second kappa shape index (κ2) is 2.11. The summed E-state index contributed by atoms with van der Waals surface area (Å²) >= 11 is 0.213. The summed E-state index contributed by atoms with van der Waals surface area (Å²) in [6, 6.07) is 0. The smallest absolute Gasteiger partial charge is 0.105 e. The predicted octanol–water partition coefficient (Wildman–Crippen LogP) is -0.368. The summed E-state index contributed by atoms with van der Waals surface area (Å²) < 4.78 is 9.32. The molecule has 0 unspecified atom stereocenters. The molecule has 29 valence electrons. The Morgan fingerprint density at radius 3 is 2.20 bits per heavy atom. The number of hydrogen-bond acceptors (Lipinski definition) is 1. The maximum Gasteiger partial charge on any atom is 0.105 e. The predicted molar refractivity (Wildman–Crippen MR) is 21.9 cm³/mol. The van der Waals surface area contributed by atoms with Crippen LogP contribution < -0.4 is 5.73 Å². The topological polar surface area (TPSA) is 40.9 Å². The minimum atomic E-state index is 0.116. The molecule has 0 aliphatic heterocycles. The maximum atomic E-state index is 9.32. The monoisotopic (exact) mass is 90.0 g/mol. The van der Waals surface area contributed by atoms with E-state index in [0.29, 0.717) is 0 Å². The van der Waals surface area contributed by atoms with E-state index in [1.54, 1.807) is 0 Å². The first-order chi connectivity index (χ1) is 2.27. The van der Waals surface area contributed by atoms with Crippen molar-refractivity contribution in [1.82, 2.24) is 5.73 Å².